The standard InChI is InChI=1S/C13H24N4O2/c1-14-12(18)11-6-4-7-16(11)9-10-5-3-8-17(10)13(19)15-2/h10-11H,3-9H2,1-2H3,(H,14,18)(H,15,19). The molecule has 0 aromatic heterocycles. The van der Waals surface area contributed by atoms with E-state index in [1.165, 1.54) is 0 Å². The second-order valence-corrected chi connectivity index (χ2v) is 5.31. The summed E-state index contributed by atoms with van der Waals surface area (Å²) >= 11 is 0. The molecule has 2 aliphatic rings. The molecular formula is C13H24N4O2. The molecule has 2 unspecified atom stereocenters. The van der Waals surface area contributed by atoms with Gasteiger partial charge in [0, 0.05) is 33.2 Å². The van der Waals surface area contributed by atoms with Crippen LogP contribution in [0.2, 0.25) is 0 Å². The van der Waals surface area contributed by atoms with Crippen LogP contribution in [0.25, 0.3) is 0 Å². The quantitative estimate of drug-likeness (QED) is 0.757. The number of urea groups is 1. The minimum absolute atomic E-state index is 0.00168. The summed E-state index contributed by atoms with van der Waals surface area (Å²) in [6, 6.07) is 0.223. The molecule has 2 heterocycles. The van der Waals surface area contributed by atoms with Crippen molar-refractivity contribution in [2.24, 2.45) is 0 Å². The zero-order valence-corrected chi connectivity index (χ0v) is 11.8. The van der Waals surface area contributed by atoms with E-state index in [1.54, 1.807) is 14.1 Å². The zero-order valence-electron chi connectivity index (χ0n) is 11.8. The maximum atomic E-state index is 11.8. The fourth-order valence-corrected chi connectivity index (χ4v) is 3.22. The highest BCUT2D eigenvalue weighted by Gasteiger charge is 2.35. The number of likely N-dealkylation sites (tertiary alicyclic amines) is 2. The van der Waals surface area contributed by atoms with E-state index < -0.39 is 0 Å². The molecule has 2 N–H and O–H groups in total. The van der Waals surface area contributed by atoms with Crippen molar-refractivity contribution < 1.29 is 9.59 Å². The van der Waals surface area contributed by atoms with Gasteiger partial charge in [-0.1, -0.05) is 0 Å². The van der Waals surface area contributed by atoms with Gasteiger partial charge in [-0.25, -0.2) is 4.79 Å². The summed E-state index contributed by atoms with van der Waals surface area (Å²) in [6.45, 7) is 2.59. The largest absolute Gasteiger partial charge is 0.358 e. The molecule has 0 aliphatic carbocycles. The average Bonchev–Trinajstić information content (AvgIpc) is 3.06. The van der Waals surface area contributed by atoms with Crippen molar-refractivity contribution in [3.05, 3.63) is 0 Å². The molecule has 0 saturated carbocycles. The molecule has 2 atom stereocenters. The first-order valence-electron chi connectivity index (χ1n) is 7.11. The van der Waals surface area contributed by atoms with E-state index >= 15 is 0 Å². The van der Waals surface area contributed by atoms with Crippen molar-refractivity contribution in [1.82, 2.24) is 20.4 Å². The minimum Gasteiger partial charge on any atom is -0.358 e. The Morgan fingerprint density at radius 1 is 1.11 bits per heavy atom. The van der Waals surface area contributed by atoms with Gasteiger partial charge in [-0.3, -0.25) is 9.69 Å². The second kappa shape index (κ2) is 6.23. The van der Waals surface area contributed by atoms with Gasteiger partial charge in [0.05, 0.1) is 6.04 Å². The number of hydrogen-bond donors (Lipinski definition) is 2. The van der Waals surface area contributed by atoms with Crippen LogP contribution in [0.3, 0.4) is 0 Å². The maximum absolute atomic E-state index is 11.8. The van der Waals surface area contributed by atoms with Crippen molar-refractivity contribution in [2.75, 3.05) is 33.7 Å². The monoisotopic (exact) mass is 268 g/mol. The lowest BCUT2D eigenvalue weighted by molar-refractivity contribution is -0.125. The highest BCUT2D eigenvalue weighted by Crippen LogP contribution is 2.23. The molecule has 0 bridgehead atoms. The number of rotatable bonds is 3. The van der Waals surface area contributed by atoms with Crippen molar-refractivity contribution in [1.29, 1.82) is 0 Å². The average molecular weight is 268 g/mol. The van der Waals surface area contributed by atoms with E-state index in [-0.39, 0.29) is 24.0 Å². The maximum Gasteiger partial charge on any atom is 0.317 e. The van der Waals surface area contributed by atoms with E-state index in [9.17, 15) is 9.59 Å². The van der Waals surface area contributed by atoms with Crippen LogP contribution in [0, 0.1) is 0 Å². The number of nitrogens with one attached hydrogen (secondary N) is 2. The van der Waals surface area contributed by atoms with Crippen LogP contribution in [0.4, 0.5) is 4.79 Å². The molecule has 2 rings (SSSR count). The molecule has 0 aromatic rings. The fourth-order valence-electron chi connectivity index (χ4n) is 3.22. The summed E-state index contributed by atoms with van der Waals surface area (Å²) in [5.74, 6) is 0.0991. The topological polar surface area (TPSA) is 64.7 Å². The van der Waals surface area contributed by atoms with Gasteiger partial charge in [-0.2, -0.15) is 0 Å². The Kier molecular flexibility index (Phi) is 4.63. The molecule has 0 radical (unpaired) electrons. The normalized spacial score (nSPS) is 27.6. The Bertz CT molecular complexity index is 316. The minimum atomic E-state index is -0.0165. The third-order valence-electron chi connectivity index (χ3n) is 4.21. The highest BCUT2D eigenvalue weighted by atomic mass is 16.2. The summed E-state index contributed by atoms with van der Waals surface area (Å²) in [6.07, 6.45) is 4.07. The van der Waals surface area contributed by atoms with Crippen LogP contribution in [0.5, 0.6) is 0 Å². The van der Waals surface area contributed by atoms with Crippen molar-refractivity contribution in [3.63, 3.8) is 0 Å². The smallest absolute Gasteiger partial charge is 0.317 e. The zero-order chi connectivity index (χ0) is 13.8. The SMILES string of the molecule is CNC(=O)C1CCCN1CC1CCCN1C(=O)NC. The van der Waals surface area contributed by atoms with Gasteiger partial charge in [-0.15, -0.1) is 0 Å². The Morgan fingerprint density at radius 2 is 1.84 bits per heavy atom. The number of amides is 3. The molecule has 2 fully saturated rings. The third kappa shape index (κ3) is 3.00. The van der Waals surface area contributed by atoms with Crippen molar-refractivity contribution >= 4 is 11.9 Å². The van der Waals surface area contributed by atoms with Gasteiger partial charge in [0.1, 0.15) is 0 Å². The van der Waals surface area contributed by atoms with Crippen LogP contribution >= 0.6 is 0 Å². The molecule has 3 amide bonds. The Labute approximate surface area is 114 Å². The second-order valence-electron chi connectivity index (χ2n) is 5.31. The van der Waals surface area contributed by atoms with Gasteiger partial charge in [0.2, 0.25) is 5.91 Å². The number of carbonyl (C=O) groups is 2. The van der Waals surface area contributed by atoms with Crippen molar-refractivity contribution in [3.8, 4) is 0 Å². The van der Waals surface area contributed by atoms with E-state index in [2.05, 4.69) is 15.5 Å². The molecule has 108 valence electrons. The van der Waals surface area contributed by atoms with Crippen LogP contribution in [-0.2, 0) is 4.79 Å². The van der Waals surface area contributed by atoms with Crippen molar-refractivity contribution in [2.45, 2.75) is 37.8 Å². The van der Waals surface area contributed by atoms with Crippen LogP contribution < -0.4 is 10.6 Å². The predicted molar refractivity (Wildman–Crippen MR) is 72.8 cm³/mol. The van der Waals surface area contributed by atoms with Gasteiger partial charge in [-0.05, 0) is 32.2 Å². The molecular weight excluding hydrogens is 244 g/mol. The van der Waals surface area contributed by atoms with Gasteiger partial charge >= 0.3 is 6.03 Å². The molecule has 2 saturated heterocycles. The fraction of sp³-hybridized carbons (Fsp3) is 0.846. The van der Waals surface area contributed by atoms with E-state index in [1.807, 2.05) is 4.90 Å². The summed E-state index contributed by atoms with van der Waals surface area (Å²) in [5, 5.41) is 5.43. The van der Waals surface area contributed by atoms with Gasteiger partial charge in [0.25, 0.3) is 0 Å². The lowest BCUT2D eigenvalue weighted by Crippen LogP contribution is -2.50. The number of likely N-dealkylation sites (N-methyl/N-ethyl adjacent to an activating group) is 1. The van der Waals surface area contributed by atoms with Crippen LogP contribution in [0.15, 0.2) is 0 Å². The predicted octanol–water partition coefficient (Wildman–Crippen LogP) is 0.000600. The van der Waals surface area contributed by atoms with Crippen LogP contribution in [0.1, 0.15) is 25.7 Å². The summed E-state index contributed by atoms with van der Waals surface area (Å²) in [5.41, 5.74) is 0. The number of hydrogen-bond acceptors (Lipinski definition) is 3. The molecule has 2 aliphatic heterocycles. The molecule has 6 heteroatoms. The third-order valence-corrected chi connectivity index (χ3v) is 4.21. The molecule has 19 heavy (non-hydrogen) atoms. The lowest BCUT2D eigenvalue weighted by atomic mass is 10.1. The summed E-state index contributed by atoms with van der Waals surface area (Å²) in [4.78, 5) is 27.7. The first-order valence-corrected chi connectivity index (χ1v) is 7.11. The molecule has 0 aromatic carbocycles. The number of carbonyl (C=O) groups excluding carboxylic acids is 2. The first-order chi connectivity index (χ1) is 9.17. The van der Waals surface area contributed by atoms with Crippen LogP contribution in [-0.4, -0.2) is 67.6 Å². The lowest BCUT2D eigenvalue weighted by Gasteiger charge is -2.31. The Hall–Kier alpha value is -1.30. The van der Waals surface area contributed by atoms with E-state index in [0.717, 1.165) is 45.3 Å². The van der Waals surface area contributed by atoms with Gasteiger partial charge < -0.3 is 15.5 Å². The molecule has 6 nitrogen and oxygen atoms in total. The molecule has 0 spiro atoms. The Balaban J connectivity index is 1.96. The van der Waals surface area contributed by atoms with E-state index in [4.69, 9.17) is 0 Å². The number of nitrogens with zero attached hydrogens (tertiary/aromatic N) is 2. The summed E-state index contributed by atoms with van der Waals surface area (Å²) in [7, 11) is 3.35. The summed E-state index contributed by atoms with van der Waals surface area (Å²) < 4.78 is 0. The highest BCUT2D eigenvalue weighted by molar-refractivity contribution is 5.81. The Morgan fingerprint density at radius 3 is 2.53 bits per heavy atom. The van der Waals surface area contributed by atoms with Gasteiger partial charge in [0.15, 0.2) is 0 Å². The first kappa shape index (κ1) is 14.1. The van der Waals surface area contributed by atoms with E-state index in [0.29, 0.717) is 0 Å².